The maximum absolute atomic E-state index is 12.9. The van der Waals surface area contributed by atoms with Gasteiger partial charge in [0.25, 0.3) is 5.91 Å². The summed E-state index contributed by atoms with van der Waals surface area (Å²) < 4.78 is 1.77. The molecule has 9 nitrogen and oxygen atoms in total. The molecule has 1 aromatic carbocycles. The molecule has 2 fully saturated rings. The Morgan fingerprint density at radius 2 is 1.94 bits per heavy atom. The highest BCUT2D eigenvalue weighted by Crippen LogP contribution is 2.40. The molecule has 35 heavy (non-hydrogen) atoms. The van der Waals surface area contributed by atoms with Gasteiger partial charge in [0.2, 0.25) is 0 Å². The fraction of sp³-hybridized carbons (Fsp3) is 0.423. The molecular weight excluding hydrogens is 442 g/mol. The van der Waals surface area contributed by atoms with Crippen molar-refractivity contribution in [1.29, 1.82) is 0 Å². The molecule has 2 aliphatic rings. The molecule has 3 heterocycles. The van der Waals surface area contributed by atoms with Crippen LogP contribution in [0, 0.1) is 5.92 Å². The van der Waals surface area contributed by atoms with Gasteiger partial charge in [-0.3, -0.25) is 14.3 Å². The molecule has 0 bridgehead atoms. The standard InChI is InChI=1S/C26H31N7O2/c1-2-33-16-21(13-29-33)30-26-24(25(27)35)28-14-23(31-26)32-11-3-4-17(15-32)12-22(34)20-9-7-19(8-10-20)18-5-6-18/h7-10,13-14,16-18H,2-6,11-12,15H2,1H3,(H2,27,35)(H,30,31). The van der Waals surface area contributed by atoms with Crippen LogP contribution in [-0.4, -0.2) is 44.5 Å². The van der Waals surface area contributed by atoms with Crippen LogP contribution in [0.4, 0.5) is 17.3 Å². The van der Waals surface area contributed by atoms with E-state index >= 15 is 0 Å². The second kappa shape index (κ2) is 9.85. The maximum Gasteiger partial charge on any atom is 0.271 e. The summed E-state index contributed by atoms with van der Waals surface area (Å²) in [5, 5.41) is 7.38. The number of anilines is 3. The van der Waals surface area contributed by atoms with Crippen molar-refractivity contribution in [1.82, 2.24) is 19.7 Å². The molecular formula is C26H31N7O2. The first-order chi connectivity index (χ1) is 17.0. The number of carbonyl (C=O) groups excluding carboxylic acids is 2. The lowest BCUT2D eigenvalue weighted by Crippen LogP contribution is -2.37. The molecule has 1 atom stereocenters. The number of nitrogens with zero attached hydrogens (tertiary/aromatic N) is 5. The molecule has 0 spiro atoms. The maximum atomic E-state index is 12.9. The highest BCUT2D eigenvalue weighted by atomic mass is 16.1. The van der Waals surface area contributed by atoms with Gasteiger partial charge in [0.05, 0.1) is 18.1 Å². The zero-order valence-electron chi connectivity index (χ0n) is 20.0. The minimum Gasteiger partial charge on any atom is -0.364 e. The van der Waals surface area contributed by atoms with Gasteiger partial charge in [-0.2, -0.15) is 5.10 Å². The van der Waals surface area contributed by atoms with Crippen LogP contribution in [0.2, 0.25) is 0 Å². The van der Waals surface area contributed by atoms with Crippen molar-refractivity contribution in [3.8, 4) is 0 Å². The summed E-state index contributed by atoms with van der Waals surface area (Å²) in [6.07, 6.45) is 10.1. The van der Waals surface area contributed by atoms with E-state index in [0.717, 1.165) is 31.5 Å². The lowest BCUT2D eigenvalue weighted by molar-refractivity contribution is 0.0954. The predicted molar refractivity (Wildman–Crippen MR) is 134 cm³/mol. The number of carbonyl (C=O) groups is 2. The Kier molecular flexibility index (Phi) is 6.48. The van der Waals surface area contributed by atoms with Gasteiger partial charge in [-0.25, -0.2) is 9.97 Å². The summed E-state index contributed by atoms with van der Waals surface area (Å²) in [6, 6.07) is 8.16. The van der Waals surface area contributed by atoms with Crippen LogP contribution in [0.5, 0.6) is 0 Å². The number of hydrogen-bond acceptors (Lipinski definition) is 7. The molecule has 1 aliphatic heterocycles. The van der Waals surface area contributed by atoms with Crippen LogP contribution in [0.1, 0.15) is 71.4 Å². The van der Waals surface area contributed by atoms with Gasteiger partial charge in [0.1, 0.15) is 5.82 Å². The van der Waals surface area contributed by atoms with Crippen molar-refractivity contribution in [2.75, 3.05) is 23.3 Å². The number of Topliss-reactive ketones (excluding diaryl/α,β-unsaturated/α-hetero) is 1. The molecule has 3 aromatic rings. The largest absolute Gasteiger partial charge is 0.364 e. The quantitative estimate of drug-likeness (QED) is 0.452. The first-order valence-corrected chi connectivity index (χ1v) is 12.3. The highest BCUT2D eigenvalue weighted by molar-refractivity contribution is 5.97. The van der Waals surface area contributed by atoms with E-state index in [1.807, 2.05) is 25.3 Å². The number of primary amides is 1. The fourth-order valence-corrected chi connectivity index (χ4v) is 4.72. The molecule has 1 amide bonds. The molecule has 2 aromatic heterocycles. The number of aryl methyl sites for hydroxylation is 1. The van der Waals surface area contributed by atoms with E-state index in [0.29, 0.717) is 36.2 Å². The smallest absolute Gasteiger partial charge is 0.271 e. The van der Waals surface area contributed by atoms with Crippen LogP contribution >= 0.6 is 0 Å². The number of nitrogens with two attached hydrogens (primary N) is 1. The minimum atomic E-state index is -0.649. The van der Waals surface area contributed by atoms with Crippen molar-refractivity contribution < 1.29 is 9.59 Å². The number of benzene rings is 1. The van der Waals surface area contributed by atoms with Crippen LogP contribution in [-0.2, 0) is 6.54 Å². The molecule has 1 saturated carbocycles. The Morgan fingerprint density at radius 3 is 2.63 bits per heavy atom. The van der Waals surface area contributed by atoms with Crippen molar-refractivity contribution in [2.24, 2.45) is 11.7 Å². The Hall–Kier alpha value is -3.75. The Labute approximate surface area is 204 Å². The summed E-state index contributed by atoms with van der Waals surface area (Å²) in [4.78, 5) is 36.0. The van der Waals surface area contributed by atoms with Gasteiger partial charge in [-0.05, 0) is 50.0 Å². The van der Waals surface area contributed by atoms with E-state index < -0.39 is 5.91 Å². The molecule has 1 unspecified atom stereocenters. The second-order valence-electron chi connectivity index (χ2n) is 9.48. The number of piperidine rings is 1. The first-order valence-electron chi connectivity index (χ1n) is 12.3. The number of rotatable bonds is 9. The molecule has 9 heteroatoms. The first kappa shape index (κ1) is 23.0. The van der Waals surface area contributed by atoms with E-state index in [1.54, 1.807) is 17.1 Å². The van der Waals surface area contributed by atoms with Gasteiger partial charge >= 0.3 is 0 Å². The van der Waals surface area contributed by atoms with Gasteiger partial charge < -0.3 is 16.0 Å². The molecule has 1 saturated heterocycles. The fourth-order valence-electron chi connectivity index (χ4n) is 4.72. The van der Waals surface area contributed by atoms with Crippen LogP contribution < -0.4 is 16.0 Å². The third-order valence-electron chi connectivity index (χ3n) is 6.81. The highest BCUT2D eigenvalue weighted by Gasteiger charge is 2.26. The molecule has 1 aliphatic carbocycles. The van der Waals surface area contributed by atoms with Crippen molar-refractivity contribution in [3.05, 3.63) is 59.7 Å². The number of hydrogen-bond donors (Lipinski definition) is 2. The lowest BCUT2D eigenvalue weighted by Gasteiger charge is -2.33. The van der Waals surface area contributed by atoms with Gasteiger partial charge in [0, 0.05) is 37.8 Å². The van der Waals surface area contributed by atoms with E-state index in [4.69, 9.17) is 5.73 Å². The molecule has 182 valence electrons. The van der Waals surface area contributed by atoms with Crippen molar-refractivity contribution in [3.63, 3.8) is 0 Å². The summed E-state index contributed by atoms with van der Waals surface area (Å²) in [6.45, 7) is 4.25. The second-order valence-corrected chi connectivity index (χ2v) is 9.48. The van der Waals surface area contributed by atoms with Crippen molar-refractivity contribution >= 4 is 29.0 Å². The topological polar surface area (TPSA) is 119 Å². The van der Waals surface area contributed by atoms with E-state index in [2.05, 4.69) is 37.4 Å². The van der Waals surface area contributed by atoms with E-state index in [-0.39, 0.29) is 17.4 Å². The SMILES string of the molecule is CCn1cc(Nc2nc(N3CCCC(CC(=O)c4ccc(C5CC5)cc4)C3)cnc2C(N)=O)cn1. The van der Waals surface area contributed by atoms with Crippen molar-refractivity contribution in [2.45, 2.75) is 51.5 Å². The Bertz CT molecular complexity index is 1220. The average Bonchev–Trinajstić information content (AvgIpc) is 3.63. The minimum absolute atomic E-state index is 0.0800. The zero-order valence-corrected chi connectivity index (χ0v) is 20.0. The van der Waals surface area contributed by atoms with Gasteiger partial charge in [-0.1, -0.05) is 24.3 Å². The third-order valence-corrected chi connectivity index (χ3v) is 6.81. The van der Waals surface area contributed by atoms with Gasteiger partial charge in [0.15, 0.2) is 17.3 Å². The number of nitrogens with one attached hydrogen (secondary N) is 1. The van der Waals surface area contributed by atoms with Crippen LogP contribution in [0.15, 0.2) is 42.9 Å². The third kappa shape index (κ3) is 5.34. The zero-order chi connectivity index (χ0) is 24.4. The molecule has 5 rings (SSSR count). The van der Waals surface area contributed by atoms with Crippen LogP contribution in [0.25, 0.3) is 0 Å². The number of ketones is 1. The summed E-state index contributed by atoms with van der Waals surface area (Å²) in [5.41, 5.74) is 8.45. The molecule has 3 N–H and O–H groups in total. The number of amides is 1. The monoisotopic (exact) mass is 473 g/mol. The summed E-state index contributed by atoms with van der Waals surface area (Å²) in [7, 11) is 0. The predicted octanol–water partition coefficient (Wildman–Crippen LogP) is 3.90. The van der Waals surface area contributed by atoms with Gasteiger partial charge in [-0.15, -0.1) is 0 Å². The van der Waals surface area contributed by atoms with E-state index in [9.17, 15) is 9.59 Å². The summed E-state index contributed by atoms with van der Waals surface area (Å²) >= 11 is 0. The Morgan fingerprint density at radius 1 is 1.14 bits per heavy atom. The molecule has 0 radical (unpaired) electrons. The lowest BCUT2D eigenvalue weighted by atomic mass is 9.90. The normalized spacial score (nSPS) is 17.9. The number of aromatic nitrogens is 4. The summed E-state index contributed by atoms with van der Waals surface area (Å²) in [5.74, 6) is 1.42. The van der Waals surface area contributed by atoms with E-state index in [1.165, 1.54) is 18.4 Å². The van der Waals surface area contributed by atoms with Crippen LogP contribution in [0.3, 0.4) is 0 Å². The Balaban J connectivity index is 1.28. The average molecular weight is 474 g/mol.